The van der Waals surface area contributed by atoms with E-state index in [9.17, 15) is 0 Å². The highest BCUT2D eigenvalue weighted by Gasteiger charge is 2.36. The Morgan fingerprint density at radius 3 is 2.56 bits per heavy atom. The van der Waals surface area contributed by atoms with Crippen LogP contribution in [0, 0.1) is 23.7 Å². The monoisotopic (exact) mass is 252 g/mol. The molecule has 18 heavy (non-hydrogen) atoms. The molecule has 0 aromatic carbocycles. The van der Waals surface area contributed by atoms with Crippen molar-refractivity contribution in [2.75, 3.05) is 26.2 Å². The molecule has 0 spiro atoms. The lowest BCUT2D eigenvalue weighted by Crippen LogP contribution is -2.37. The molecule has 2 rings (SSSR count). The summed E-state index contributed by atoms with van der Waals surface area (Å²) >= 11 is 0. The molecule has 4 atom stereocenters. The van der Waals surface area contributed by atoms with Crippen LogP contribution in [0.4, 0.5) is 0 Å². The van der Waals surface area contributed by atoms with Crippen molar-refractivity contribution in [3.05, 3.63) is 0 Å². The first-order valence-electron chi connectivity index (χ1n) is 8.02. The maximum atomic E-state index is 3.63. The molecule has 0 bridgehead atoms. The second kappa shape index (κ2) is 6.38. The van der Waals surface area contributed by atoms with Gasteiger partial charge >= 0.3 is 0 Å². The molecule has 0 radical (unpaired) electrons. The van der Waals surface area contributed by atoms with E-state index in [-0.39, 0.29) is 0 Å². The van der Waals surface area contributed by atoms with Gasteiger partial charge in [-0.2, -0.15) is 0 Å². The van der Waals surface area contributed by atoms with E-state index in [1.807, 2.05) is 0 Å². The van der Waals surface area contributed by atoms with E-state index in [0.29, 0.717) is 0 Å². The minimum atomic E-state index is 0.776. The lowest BCUT2D eigenvalue weighted by molar-refractivity contribution is 0.185. The molecule has 1 aliphatic heterocycles. The predicted octanol–water partition coefficient (Wildman–Crippen LogP) is 2.99. The minimum Gasteiger partial charge on any atom is -0.316 e. The minimum absolute atomic E-state index is 0.776. The highest BCUT2D eigenvalue weighted by atomic mass is 15.2. The van der Waals surface area contributed by atoms with Gasteiger partial charge in [-0.05, 0) is 62.6 Å². The lowest BCUT2D eigenvalue weighted by Gasteiger charge is -2.29. The van der Waals surface area contributed by atoms with Gasteiger partial charge in [0.2, 0.25) is 0 Å². The zero-order chi connectivity index (χ0) is 13.1. The molecule has 0 aromatic heterocycles. The Bertz CT molecular complexity index is 251. The Morgan fingerprint density at radius 2 is 1.94 bits per heavy atom. The Balaban J connectivity index is 1.71. The summed E-state index contributed by atoms with van der Waals surface area (Å²) in [6, 6.07) is 0.884. The van der Waals surface area contributed by atoms with E-state index in [0.717, 1.165) is 29.7 Å². The fraction of sp³-hybridized carbons (Fsp3) is 1.00. The number of hydrogen-bond acceptors (Lipinski definition) is 2. The first kappa shape index (κ1) is 14.3. The van der Waals surface area contributed by atoms with E-state index in [1.165, 1.54) is 45.4 Å². The molecule has 1 saturated carbocycles. The second-order valence-electron chi connectivity index (χ2n) is 7.18. The average molecular weight is 252 g/mol. The van der Waals surface area contributed by atoms with Crippen molar-refractivity contribution >= 4 is 0 Å². The summed E-state index contributed by atoms with van der Waals surface area (Å²) in [5.74, 6) is 3.52. The van der Waals surface area contributed by atoms with E-state index < -0.39 is 0 Å². The van der Waals surface area contributed by atoms with Crippen molar-refractivity contribution in [3.63, 3.8) is 0 Å². The third-order valence-corrected chi connectivity index (χ3v) is 5.19. The topological polar surface area (TPSA) is 15.3 Å². The number of nitrogens with one attached hydrogen (secondary N) is 1. The van der Waals surface area contributed by atoms with Gasteiger partial charge in [-0.3, -0.25) is 4.90 Å². The number of rotatable bonds is 5. The fourth-order valence-electron chi connectivity index (χ4n) is 3.76. The van der Waals surface area contributed by atoms with Crippen LogP contribution in [0.5, 0.6) is 0 Å². The van der Waals surface area contributed by atoms with Crippen LogP contribution in [0.15, 0.2) is 0 Å². The summed E-state index contributed by atoms with van der Waals surface area (Å²) < 4.78 is 0. The second-order valence-corrected chi connectivity index (χ2v) is 7.18. The zero-order valence-electron chi connectivity index (χ0n) is 12.8. The van der Waals surface area contributed by atoms with Crippen molar-refractivity contribution in [3.8, 4) is 0 Å². The van der Waals surface area contributed by atoms with Crippen LogP contribution in [0.1, 0.15) is 47.0 Å². The fourth-order valence-corrected chi connectivity index (χ4v) is 3.76. The Hall–Kier alpha value is -0.0800. The van der Waals surface area contributed by atoms with Crippen molar-refractivity contribution < 1.29 is 0 Å². The highest BCUT2D eigenvalue weighted by Crippen LogP contribution is 2.36. The van der Waals surface area contributed by atoms with Crippen LogP contribution in [0.25, 0.3) is 0 Å². The molecule has 2 aliphatic rings. The van der Waals surface area contributed by atoms with E-state index in [2.05, 4.69) is 37.9 Å². The maximum absolute atomic E-state index is 3.63. The van der Waals surface area contributed by atoms with Crippen LogP contribution in [0.3, 0.4) is 0 Å². The molecule has 2 nitrogen and oxygen atoms in total. The predicted molar refractivity (Wildman–Crippen MR) is 78.7 cm³/mol. The Labute approximate surface area is 114 Å². The van der Waals surface area contributed by atoms with E-state index in [4.69, 9.17) is 0 Å². The van der Waals surface area contributed by atoms with Gasteiger partial charge in [-0.1, -0.05) is 27.7 Å². The number of nitrogens with zero attached hydrogens (tertiary/aromatic N) is 1. The number of hydrogen-bond donors (Lipinski definition) is 1. The Morgan fingerprint density at radius 1 is 1.17 bits per heavy atom. The van der Waals surface area contributed by atoms with Crippen molar-refractivity contribution in [2.24, 2.45) is 23.7 Å². The van der Waals surface area contributed by atoms with Gasteiger partial charge in [0.1, 0.15) is 0 Å². The van der Waals surface area contributed by atoms with Gasteiger partial charge < -0.3 is 5.32 Å². The highest BCUT2D eigenvalue weighted by molar-refractivity contribution is 4.90. The summed E-state index contributed by atoms with van der Waals surface area (Å²) in [5.41, 5.74) is 0. The summed E-state index contributed by atoms with van der Waals surface area (Å²) in [6.07, 6.45) is 4.29. The van der Waals surface area contributed by atoms with E-state index in [1.54, 1.807) is 0 Å². The normalized spacial score (nSPS) is 37.8. The van der Waals surface area contributed by atoms with Crippen LogP contribution >= 0.6 is 0 Å². The molecule has 2 heteroatoms. The summed E-state index contributed by atoms with van der Waals surface area (Å²) in [4.78, 5) is 2.79. The summed E-state index contributed by atoms with van der Waals surface area (Å²) in [7, 11) is 0. The number of likely N-dealkylation sites (tertiary alicyclic amines) is 1. The van der Waals surface area contributed by atoms with Crippen LogP contribution in [-0.2, 0) is 0 Å². The van der Waals surface area contributed by atoms with Gasteiger partial charge in [-0.25, -0.2) is 0 Å². The third kappa shape index (κ3) is 3.48. The molecule has 0 aromatic rings. The van der Waals surface area contributed by atoms with Gasteiger partial charge in [-0.15, -0.1) is 0 Å². The molecule has 4 unspecified atom stereocenters. The largest absolute Gasteiger partial charge is 0.316 e. The lowest BCUT2D eigenvalue weighted by atomic mass is 9.97. The van der Waals surface area contributed by atoms with Gasteiger partial charge in [0.05, 0.1) is 0 Å². The molecule has 1 saturated heterocycles. The first-order valence-corrected chi connectivity index (χ1v) is 8.02. The zero-order valence-corrected chi connectivity index (χ0v) is 12.8. The van der Waals surface area contributed by atoms with Crippen LogP contribution in [0.2, 0.25) is 0 Å². The van der Waals surface area contributed by atoms with Crippen molar-refractivity contribution in [1.82, 2.24) is 10.2 Å². The van der Waals surface area contributed by atoms with Crippen LogP contribution in [-0.4, -0.2) is 37.1 Å². The molecule has 0 amide bonds. The molecule has 106 valence electrons. The quantitative estimate of drug-likeness (QED) is 0.809. The van der Waals surface area contributed by atoms with Crippen LogP contribution < -0.4 is 5.32 Å². The molecular weight excluding hydrogens is 220 g/mol. The average Bonchev–Trinajstić information content (AvgIpc) is 2.88. The smallest absolute Gasteiger partial charge is 0.0124 e. The third-order valence-electron chi connectivity index (χ3n) is 5.19. The molecule has 1 heterocycles. The molecular formula is C16H32N2. The van der Waals surface area contributed by atoms with Crippen molar-refractivity contribution in [1.29, 1.82) is 0 Å². The van der Waals surface area contributed by atoms with E-state index >= 15 is 0 Å². The maximum Gasteiger partial charge on any atom is 0.0124 e. The van der Waals surface area contributed by atoms with Gasteiger partial charge in [0.25, 0.3) is 0 Å². The van der Waals surface area contributed by atoms with Gasteiger partial charge in [0, 0.05) is 12.6 Å². The van der Waals surface area contributed by atoms with Gasteiger partial charge in [0.15, 0.2) is 0 Å². The first-order chi connectivity index (χ1) is 8.58. The summed E-state index contributed by atoms with van der Waals surface area (Å²) in [5, 5.41) is 3.63. The Kier molecular flexibility index (Phi) is 5.08. The standard InChI is InChI=1S/C16H32N2/c1-12(2)9-17-10-15-7-8-18(11-15)16-6-5-13(3)14(16)4/h12-17H,5-11H2,1-4H3. The summed E-state index contributed by atoms with van der Waals surface area (Å²) in [6.45, 7) is 14.6. The molecule has 1 aliphatic carbocycles. The van der Waals surface area contributed by atoms with Crippen molar-refractivity contribution in [2.45, 2.75) is 53.0 Å². The SMILES string of the molecule is CC(C)CNCC1CCN(C2CCC(C)C2C)C1. The molecule has 1 N–H and O–H groups in total. The molecule has 2 fully saturated rings.